The van der Waals surface area contributed by atoms with Crippen LogP contribution in [0.2, 0.25) is 0 Å². The summed E-state index contributed by atoms with van der Waals surface area (Å²) in [4.78, 5) is 64.8. The topological polar surface area (TPSA) is 252 Å². The molecule has 0 rings (SSSR count). The summed E-state index contributed by atoms with van der Waals surface area (Å²) in [5, 5.41) is 25.8. The number of carboxylic acid groups (broad SMARTS) is 2. The van der Waals surface area contributed by atoms with Crippen LogP contribution in [0.3, 0.4) is 0 Å². The van der Waals surface area contributed by atoms with Gasteiger partial charge in [0.1, 0.15) is 18.1 Å². The highest BCUT2D eigenvalue weighted by molar-refractivity contribution is 7.98. The number of amides is 3. The molecule has 0 saturated carbocycles. The molecule has 0 aromatic heterocycles. The summed E-state index contributed by atoms with van der Waals surface area (Å²) in [5.74, 6) is -4.42. The Morgan fingerprint density at radius 3 is 2.05 bits per heavy atom. The molecule has 0 aromatic rings. The third-order valence-electron chi connectivity index (χ3n) is 5.60. The van der Waals surface area contributed by atoms with Crippen molar-refractivity contribution in [1.82, 2.24) is 16.0 Å². The normalized spacial score (nSPS) is 14.8. The fourth-order valence-electron chi connectivity index (χ4n) is 3.18. The highest BCUT2D eigenvalue weighted by Gasteiger charge is 2.32. The number of nitrogens with zero attached hydrogens (tertiary/aromatic N) is 1. The van der Waals surface area contributed by atoms with Gasteiger partial charge in [-0.05, 0) is 43.6 Å². The van der Waals surface area contributed by atoms with E-state index in [0.717, 1.165) is 0 Å². The van der Waals surface area contributed by atoms with Gasteiger partial charge in [0.15, 0.2) is 5.96 Å². The van der Waals surface area contributed by atoms with Gasteiger partial charge in [0.2, 0.25) is 17.7 Å². The number of nitrogens with two attached hydrogens (primary N) is 3. The number of hydrogen-bond acceptors (Lipinski definition) is 8. The summed E-state index contributed by atoms with van der Waals surface area (Å²) in [6.07, 6.45) is 2.56. The van der Waals surface area contributed by atoms with Gasteiger partial charge < -0.3 is 43.4 Å². The Morgan fingerprint density at radius 2 is 1.54 bits per heavy atom. The number of nitrogens with one attached hydrogen (secondary N) is 3. The Kier molecular flexibility index (Phi) is 16.7. The first kappa shape index (κ1) is 33.9. The summed E-state index contributed by atoms with van der Waals surface area (Å²) < 4.78 is 0. The lowest BCUT2D eigenvalue weighted by molar-refractivity contribution is -0.143. The fourth-order valence-corrected chi connectivity index (χ4v) is 3.65. The van der Waals surface area contributed by atoms with E-state index in [1.54, 1.807) is 13.8 Å². The minimum atomic E-state index is -1.43. The molecule has 5 atom stereocenters. The average Bonchev–Trinajstić information content (AvgIpc) is 2.83. The monoisotopic (exact) mass is 547 g/mol. The van der Waals surface area contributed by atoms with Crippen LogP contribution < -0.4 is 33.2 Å². The van der Waals surface area contributed by atoms with Gasteiger partial charge in [-0.25, -0.2) is 4.79 Å². The van der Waals surface area contributed by atoms with E-state index in [4.69, 9.17) is 22.3 Å². The SMILES string of the molecule is CCC(C)C(NC(=O)C(CCSC)NC(=O)C(N)CCCN=C(N)N)C(=O)NC(CCC(=O)O)C(=O)O. The van der Waals surface area contributed by atoms with Crippen LogP contribution in [0, 0.1) is 5.92 Å². The maximum Gasteiger partial charge on any atom is 0.326 e. The van der Waals surface area contributed by atoms with Crippen LogP contribution in [0.25, 0.3) is 0 Å². The molecule has 14 nitrogen and oxygen atoms in total. The number of thioether (sulfide) groups is 1. The number of carbonyl (C=O) groups is 5. The van der Waals surface area contributed by atoms with Gasteiger partial charge in [0.05, 0.1) is 6.04 Å². The Bertz CT molecular complexity index is 808. The molecule has 0 aromatic carbocycles. The molecule has 212 valence electrons. The minimum Gasteiger partial charge on any atom is -0.481 e. The molecule has 5 unspecified atom stereocenters. The smallest absolute Gasteiger partial charge is 0.326 e. The lowest BCUT2D eigenvalue weighted by Crippen LogP contribution is -2.58. The number of carbonyl (C=O) groups excluding carboxylic acids is 3. The number of hydrogen-bond donors (Lipinski definition) is 8. The Hall–Kier alpha value is -3.07. The molecule has 37 heavy (non-hydrogen) atoms. The Morgan fingerprint density at radius 1 is 0.919 bits per heavy atom. The molecule has 0 aliphatic rings. The van der Waals surface area contributed by atoms with E-state index in [2.05, 4.69) is 20.9 Å². The predicted octanol–water partition coefficient (Wildman–Crippen LogP) is -1.43. The summed E-state index contributed by atoms with van der Waals surface area (Å²) in [7, 11) is 0. The third-order valence-corrected chi connectivity index (χ3v) is 6.25. The van der Waals surface area contributed by atoms with Crippen molar-refractivity contribution in [1.29, 1.82) is 0 Å². The van der Waals surface area contributed by atoms with Crippen molar-refractivity contribution in [2.24, 2.45) is 28.1 Å². The van der Waals surface area contributed by atoms with Gasteiger partial charge in [-0.2, -0.15) is 11.8 Å². The van der Waals surface area contributed by atoms with Crippen molar-refractivity contribution in [3.8, 4) is 0 Å². The van der Waals surface area contributed by atoms with Gasteiger partial charge in [-0.1, -0.05) is 20.3 Å². The van der Waals surface area contributed by atoms with Crippen molar-refractivity contribution < 1.29 is 34.2 Å². The second kappa shape index (κ2) is 18.2. The van der Waals surface area contributed by atoms with Crippen molar-refractivity contribution in [2.75, 3.05) is 18.6 Å². The first-order valence-electron chi connectivity index (χ1n) is 12.0. The first-order valence-corrected chi connectivity index (χ1v) is 13.4. The van der Waals surface area contributed by atoms with Gasteiger partial charge in [0.25, 0.3) is 0 Å². The molecule has 0 saturated heterocycles. The van der Waals surface area contributed by atoms with E-state index < -0.39 is 60.2 Å². The molecule has 0 spiro atoms. The number of aliphatic carboxylic acids is 2. The van der Waals surface area contributed by atoms with E-state index in [9.17, 15) is 29.1 Å². The highest BCUT2D eigenvalue weighted by atomic mass is 32.2. The van der Waals surface area contributed by atoms with Crippen LogP contribution in [0.4, 0.5) is 0 Å². The molecule has 0 aliphatic carbocycles. The molecule has 3 amide bonds. The largest absolute Gasteiger partial charge is 0.481 e. The van der Waals surface area contributed by atoms with Gasteiger partial charge in [-0.3, -0.25) is 24.2 Å². The van der Waals surface area contributed by atoms with E-state index in [-0.39, 0.29) is 31.1 Å². The number of carboxylic acids is 2. The van der Waals surface area contributed by atoms with Gasteiger partial charge in [0, 0.05) is 13.0 Å². The second-order valence-electron chi connectivity index (χ2n) is 8.60. The lowest BCUT2D eigenvalue weighted by atomic mass is 9.97. The maximum absolute atomic E-state index is 13.1. The third kappa shape index (κ3) is 14.3. The van der Waals surface area contributed by atoms with Gasteiger partial charge >= 0.3 is 11.9 Å². The highest BCUT2D eigenvalue weighted by Crippen LogP contribution is 2.11. The molecule has 0 heterocycles. The zero-order valence-electron chi connectivity index (χ0n) is 21.6. The maximum atomic E-state index is 13.1. The average molecular weight is 548 g/mol. The zero-order chi connectivity index (χ0) is 28.5. The van der Waals surface area contributed by atoms with Crippen molar-refractivity contribution >= 4 is 47.4 Å². The minimum absolute atomic E-state index is 0.0664. The number of aliphatic imine (C=N–C) groups is 1. The summed E-state index contributed by atoms with van der Waals surface area (Å²) >= 11 is 1.46. The van der Waals surface area contributed by atoms with Crippen LogP contribution in [-0.2, 0) is 24.0 Å². The van der Waals surface area contributed by atoms with E-state index in [1.165, 1.54) is 11.8 Å². The molecule has 11 N–H and O–H groups in total. The van der Waals surface area contributed by atoms with Crippen LogP contribution in [0.1, 0.15) is 52.4 Å². The number of guanidine groups is 1. The molecular weight excluding hydrogens is 506 g/mol. The summed E-state index contributed by atoms with van der Waals surface area (Å²) in [5.41, 5.74) is 16.5. The van der Waals surface area contributed by atoms with E-state index in [0.29, 0.717) is 25.1 Å². The quantitative estimate of drug-likeness (QED) is 0.0528. The first-order chi connectivity index (χ1) is 17.3. The molecule has 15 heteroatoms. The summed E-state index contributed by atoms with van der Waals surface area (Å²) in [6, 6.07) is -4.43. The van der Waals surface area contributed by atoms with Crippen LogP contribution in [0.15, 0.2) is 4.99 Å². The van der Waals surface area contributed by atoms with E-state index in [1.807, 2.05) is 6.26 Å². The Labute approximate surface area is 220 Å². The predicted molar refractivity (Wildman–Crippen MR) is 141 cm³/mol. The standard InChI is InChI=1S/C22H41N7O7S/c1-4-12(2)17(20(34)28-15(21(35)36)7-8-16(30)31)29-19(33)14(9-11-37-3)27-18(32)13(23)6-5-10-26-22(24)25/h12-15,17H,4-11,23H2,1-3H3,(H,27,32)(H,28,34)(H,29,33)(H,30,31)(H,35,36)(H4,24,25,26). The van der Waals surface area contributed by atoms with Crippen molar-refractivity contribution in [2.45, 2.75) is 76.5 Å². The van der Waals surface area contributed by atoms with Crippen LogP contribution >= 0.6 is 11.8 Å². The van der Waals surface area contributed by atoms with Gasteiger partial charge in [-0.15, -0.1) is 0 Å². The summed E-state index contributed by atoms with van der Waals surface area (Å²) in [6.45, 7) is 3.80. The Balaban J connectivity index is 5.43. The zero-order valence-corrected chi connectivity index (χ0v) is 22.4. The molecular formula is C22H41N7O7S. The van der Waals surface area contributed by atoms with Crippen molar-refractivity contribution in [3.05, 3.63) is 0 Å². The fraction of sp³-hybridized carbons (Fsp3) is 0.727. The lowest BCUT2D eigenvalue weighted by Gasteiger charge is -2.28. The van der Waals surface area contributed by atoms with Crippen LogP contribution in [-0.4, -0.2) is 88.6 Å². The van der Waals surface area contributed by atoms with Crippen molar-refractivity contribution in [3.63, 3.8) is 0 Å². The molecule has 0 bridgehead atoms. The van der Waals surface area contributed by atoms with E-state index >= 15 is 0 Å². The second-order valence-corrected chi connectivity index (χ2v) is 9.59. The molecule has 0 aliphatic heterocycles. The molecule has 0 fully saturated rings. The molecule has 0 radical (unpaired) electrons. The number of rotatable bonds is 19. The van der Waals surface area contributed by atoms with Crippen LogP contribution in [0.5, 0.6) is 0 Å².